The van der Waals surface area contributed by atoms with E-state index in [0.29, 0.717) is 12.1 Å². The second kappa shape index (κ2) is 7.40. The van der Waals surface area contributed by atoms with E-state index in [9.17, 15) is 0 Å². The molecular weight excluding hydrogens is 314 g/mol. The highest BCUT2D eigenvalue weighted by molar-refractivity contribution is 5.72. The molecule has 0 radical (unpaired) electrons. The fourth-order valence-corrected chi connectivity index (χ4v) is 4.85. The summed E-state index contributed by atoms with van der Waals surface area (Å²) in [5.74, 6) is 0. The van der Waals surface area contributed by atoms with Gasteiger partial charge in [0.15, 0.2) is 0 Å². The van der Waals surface area contributed by atoms with Crippen molar-refractivity contribution in [3.63, 3.8) is 0 Å². The zero-order valence-electron chi connectivity index (χ0n) is 16.4. The highest BCUT2D eigenvalue weighted by Crippen LogP contribution is 2.35. The van der Waals surface area contributed by atoms with E-state index in [1.54, 1.807) is 22.3 Å². The molecule has 0 aliphatic heterocycles. The van der Waals surface area contributed by atoms with Crippen LogP contribution >= 0.6 is 0 Å². The molecular formula is C25H31N. The minimum absolute atomic E-state index is 0.536. The molecule has 0 aromatic heterocycles. The first kappa shape index (κ1) is 17.5. The monoisotopic (exact) mass is 345 g/mol. The van der Waals surface area contributed by atoms with Crippen LogP contribution in [-0.2, 0) is 12.8 Å². The molecule has 0 bridgehead atoms. The van der Waals surface area contributed by atoms with Gasteiger partial charge in [0.05, 0.1) is 0 Å². The van der Waals surface area contributed by atoms with Gasteiger partial charge >= 0.3 is 0 Å². The molecule has 0 spiro atoms. The van der Waals surface area contributed by atoms with Crippen molar-refractivity contribution in [1.82, 2.24) is 5.32 Å². The van der Waals surface area contributed by atoms with Crippen molar-refractivity contribution in [2.45, 2.75) is 71.4 Å². The summed E-state index contributed by atoms with van der Waals surface area (Å²) in [6.45, 7) is 6.83. The van der Waals surface area contributed by atoms with Crippen molar-refractivity contribution >= 4 is 5.57 Å². The Labute approximate surface area is 158 Å². The maximum atomic E-state index is 4.02. The van der Waals surface area contributed by atoms with Gasteiger partial charge in [-0.25, -0.2) is 0 Å². The van der Waals surface area contributed by atoms with Crippen LogP contribution < -0.4 is 5.32 Å². The molecule has 0 saturated carbocycles. The van der Waals surface area contributed by atoms with Crippen molar-refractivity contribution < 1.29 is 0 Å². The van der Waals surface area contributed by atoms with Crippen LogP contribution in [0.25, 0.3) is 5.57 Å². The lowest BCUT2D eigenvalue weighted by atomic mass is 9.81. The Bertz CT molecular complexity index is 830. The highest BCUT2D eigenvalue weighted by atomic mass is 15.0. The van der Waals surface area contributed by atoms with E-state index < -0.39 is 0 Å². The summed E-state index contributed by atoms with van der Waals surface area (Å²) < 4.78 is 0. The van der Waals surface area contributed by atoms with Crippen LogP contribution in [0.15, 0.2) is 48.0 Å². The number of benzene rings is 2. The van der Waals surface area contributed by atoms with Crippen molar-refractivity contribution in [2.75, 3.05) is 0 Å². The standard InChI is InChI=1S/C25H31N/c1-17-11-12-18(2)24(15-17)23-9-6-10-25(19(23)3)26-22-14-13-20-7-4-5-8-21(20)16-22/h4-5,7-8,11-12,15,22,25-26H,6,9-10,13-14,16H2,1-3H3. The van der Waals surface area contributed by atoms with Gasteiger partial charge in [-0.15, -0.1) is 0 Å². The third-order valence-corrected chi connectivity index (χ3v) is 6.42. The lowest BCUT2D eigenvalue weighted by Gasteiger charge is -2.34. The van der Waals surface area contributed by atoms with Crippen LogP contribution in [0.2, 0.25) is 0 Å². The second-order valence-electron chi connectivity index (χ2n) is 8.30. The zero-order valence-corrected chi connectivity index (χ0v) is 16.4. The van der Waals surface area contributed by atoms with Gasteiger partial charge in [0, 0.05) is 12.1 Å². The molecule has 0 saturated heterocycles. The molecule has 1 nitrogen and oxygen atoms in total. The van der Waals surface area contributed by atoms with Crippen molar-refractivity contribution in [3.8, 4) is 0 Å². The molecule has 0 heterocycles. The lowest BCUT2D eigenvalue weighted by Crippen LogP contribution is -2.43. The summed E-state index contributed by atoms with van der Waals surface area (Å²) in [7, 11) is 0. The molecule has 26 heavy (non-hydrogen) atoms. The quantitative estimate of drug-likeness (QED) is 0.744. The predicted molar refractivity (Wildman–Crippen MR) is 112 cm³/mol. The van der Waals surface area contributed by atoms with Gasteiger partial charge in [0.1, 0.15) is 0 Å². The SMILES string of the molecule is CC1=C(c2cc(C)ccc2C)CCCC1NC1CCc2ccccc2C1. The molecule has 1 N–H and O–H groups in total. The Morgan fingerprint density at radius 1 is 0.885 bits per heavy atom. The summed E-state index contributed by atoms with van der Waals surface area (Å²) in [5, 5.41) is 4.02. The molecule has 4 rings (SSSR count). The minimum Gasteiger partial charge on any atom is -0.307 e. The number of hydrogen-bond donors (Lipinski definition) is 1. The van der Waals surface area contributed by atoms with E-state index in [4.69, 9.17) is 0 Å². The molecule has 2 unspecified atom stereocenters. The topological polar surface area (TPSA) is 12.0 Å². The Hall–Kier alpha value is -1.86. The molecule has 2 aromatic rings. The summed E-state index contributed by atoms with van der Waals surface area (Å²) in [5.41, 5.74) is 10.5. The maximum absolute atomic E-state index is 4.02. The number of hydrogen-bond acceptors (Lipinski definition) is 1. The summed E-state index contributed by atoms with van der Waals surface area (Å²) in [4.78, 5) is 0. The summed E-state index contributed by atoms with van der Waals surface area (Å²) >= 11 is 0. The van der Waals surface area contributed by atoms with Crippen LogP contribution in [0.5, 0.6) is 0 Å². The zero-order chi connectivity index (χ0) is 18.1. The number of fused-ring (bicyclic) bond motifs is 1. The molecule has 136 valence electrons. The van der Waals surface area contributed by atoms with Crippen LogP contribution in [0, 0.1) is 13.8 Å². The molecule has 0 fully saturated rings. The minimum atomic E-state index is 0.536. The van der Waals surface area contributed by atoms with E-state index in [-0.39, 0.29) is 0 Å². The van der Waals surface area contributed by atoms with E-state index in [1.165, 1.54) is 55.2 Å². The average Bonchev–Trinajstić information content (AvgIpc) is 2.65. The smallest absolute Gasteiger partial charge is 0.0285 e. The van der Waals surface area contributed by atoms with Crippen molar-refractivity contribution in [1.29, 1.82) is 0 Å². The Morgan fingerprint density at radius 3 is 2.54 bits per heavy atom. The first-order chi connectivity index (χ1) is 12.6. The Kier molecular flexibility index (Phi) is 5.00. The van der Waals surface area contributed by atoms with Gasteiger partial charge in [-0.3, -0.25) is 0 Å². The van der Waals surface area contributed by atoms with Gasteiger partial charge in [-0.2, -0.15) is 0 Å². The van der Waals surface area contributed by atoms with E-state index in [2.05, 4.69) is 68.6 Å². The summed E-state index contributed by atoms with van der Waals surface area (Å²) in [6.07, 6.45) is 7.45. The fraction of sp³-hybridized carbons (Fsp3) is 0.440. The predicted octanol–water partition coefficient (Wildman–Crippen LogP) is 5.78. The Morgan fingerprint density at radius 2 is 1.69 bits per heavy atom. The first-order valence-corrected chi connectivity index (χ1v) is 10.2. The van der Waals surface area contributed by atoms with Gasteiger partial charge in [0.25, 0.3) is 0 Å². The molecule has 2 atom stereocenters. The van der Waals surface area contributed by atoms with E-state index in [1.807, 2.05) is 0 Å². The first-order valence-electron chi connectivity index (χ1n) is 10.2. The molecule has 2 aliphatic carbocycles. The average molecular weight is 346 g/mol. The number of allylic oxidation sites excluding steroid dienone is 1. The molecule has 0 amide bonds. The van der Waals surface area contributed by atoms with Crippen LogP contribution in [0.3, 0.4) is 0 Å². The third-order valence-electron chi connectivity index (χ3n) is 6.42. The highest BCUT2D eigenvalue weighted by Gasteiger charge is 2.26. The molecule has 1 heteroatoms. The van der Waals surface area contributed by atoms with Crippen molar-refractivity contribution in [2.24, 2.45) is 0 Å². The maximum Gasteiger partial charge on any atom is 0.0285 e. The van der Waals surface area contributed by atoms with Gasteiger partial charge in [-0.05, 0) is 87.1 Å². The van der Waals surface area contributed by atoms with E-state index in [0.717, 1.165) is 0 Å². The van der Waals surface area contributed by atoms with E-state index >= 15 is 0 Å². The van der Waals surface area contributed by atoms with Crippen LogP contribution in [-0.4, -0.2) is 12.1 Å². The lowest BCUT2D eigenvalue weighted by molar-refractivity contribution is 0.394. The normalized spacial score (nSPS) is 23.0. The number of nitrogens with one attached hydrogen (secondary N) is 1. The largest absolute Gasteiger partial charge is 0.307 e. The van der Waals surface area contributed by atoms with Gasteiger partial charge < -0.3 is 5.32 Å². The molecule has 2 aliphatic rings. The second-order valence-corrected chi connectivity index (χ2v) is 8.30. The fourth-order valence-electron chi connectivity index (χ4n) is 4.85. The number of rotatable bonds is 3. The summed E-state index contributed by atoms with van der Waals surface area (Å²) in [6, 6.07) is 17.0. The Balaban J connectivity index is 1.55. The van der Waals surface area contributed by atoms with Crippen LogP contribution in [0.1, 0.15) is 60.4 Å². The number of aryl methyl sites for hydroxylation is 3. The van der Waals surface area contributed by atoms with Gasteiger partial charge in [0.2, 0.25) is 0 Å². The van der Waals surface area contributed by atoms with Gasteiger partial charge in [-0.1, -0.05) is 53.6 Å². The molecule has 2 aromatic carbocycles. The van der Waals surface area contributed by atoms with Crippen LogP contribution in [0.4, 0.5) is 0 Å². The third kappa shape index (κ3) is 3.50. The van der Waals surface area contributed by atoms with Crippen molar-refractivity contribution in [3.05, 3.63) is 75.9 Å².